The number of nitrogens with one attached hydrogen (secondary N) is 1. The Morgan fingerprint density at radius 2 is 1.57 bits per heavy atom. The van der Waals surface area contributed by atoms with Gasteiger partial charge in [0.2, 0.25) is 5.91 Å². The van der Waals surface area contributed by atoms with Gasteiger partial charge in [-0.25, -0.2) is 0 Å². The summed E-state index contributed by atoms with van der Waals surface area (Å²) in [5, 5.41) is 3.04. The van der Waals surface area contributed by atoms with E-state index in [1.165, 1.54) is 0 Å². The van der Waals surface area contributed by atoms with Gasteiger partial charge in [0.05, 0.1) is 5.69 Å². The molecule has 0 bridgehead atoms. The van der Waals surface area contributed by atoms with E-state index in [4.69, 9.17) is 4.74 Å². The number of carbonyl (C=O) groups is 1. The van der Waals surface area contributed by atoms with Crippen LogP contribution in [0.2, 0.25) is 0 Å². The van der Waals surface area contributed by atoms with Crippen LogP contribution in [0.5, 0.6) is 11.5 Å². The van der Waals surface area contributed by atoms with Crippen molar-refractivity contribution in [3.05, 3.63) is 54.6 Å². The molecule has 2 aromatic carbocycles. The molecule has 0 aliphatic heterocycles. The molecule has 0 saturated heterocycles. The number of para-hydroxylation sites is 3. The van der Waals surface area contributed by atoms with Crippen LogP contribution in [-0.2, 0) is 4.79 Å². The van der Waals surface area contributed by atoms with E-state index in [1.807, 2.05) is 54.6 Å². The van der Waals surface area contributed by atoms with Crippen molar-refractivity contribution in [1.82, 2.24) is 0 Å². The first-order chi connectivity index (χ1) is 11.2. The van der Waals surface area contributed by atoms with Crippen molar-refractivity contribution in [3.8, 4) is 11.5 Å². The number of carbonyl (C=O) groups excluding carboxylic acids is 1. The average Bonchev–Trinajstić information content (AvgIpc) is 2.57. The standard InChI is InChI=1S/C20H25NO2/c1-3-10-16(11-4-2)20(22)21-18-14-8-9-15-19(18)23-17-12-6-5-7-13-17/h5-9,12-16H,3-4,10-11H2,1-2H3,(H,21,22). The van der Waals surface area contributed by atoms with Crippen molar-refractivity contribution in [2.24, 2.45) is 5.92 Å². The molecular weight excluding hydrogens is 286 g/mol. The summed E-state index contributed by atoms with van der Waals surface area (Å²) in [6, 6.07) is 17.2. The van der Waals surface area contributed by atoms with Crippen LogP contribution in [0.4, 0.5) is 5.69 Å². The molecular formula is C20H25NO2. The maximum absolute atomic E-state index is 12.5. The topological polar surface area (TPSA) is 38.3 Å². The highest BCUT2D eigenvalue weighted by Gasteiger charge is 2.18. The van der Waals surface area contributed by atoms with Gasteiger partial charge in [-0.2, -0.15) is 0 Å². The van der Waals surface area contributed by atoms with Crippen LogP contribution in [0.15, 0.2) is 54.6 Å². The van der Waals surface area contributed by atoms with Crippen molar-refractivity contribution < 1.29 is 9.53 Å². The second-order valence-electron chi connectivity index (χ2n) is 5.67. The molecule has 0 unspecified atom stereocenters. The summed E-state index contributed by atoms with van der Waals surface area (Å²) in [5.41, 5.74) is 0.721. The first kappa shape index (κ1) is 17.1. The zero-order valence-corrected chi connectivity index (χ0v) is 13.9. The van der Waals surface area contributed by atoms with Crippen LogP contribution < -0.4 is 10.1 Å². The van der Waals surface area contributed by atoms with Crippen LogP contribution in [-0.4, -0.2) is 5.91 Å². The zero-order chi connectivity index (χ0) is 16.5. The molecule has 0 radical (unpaired) electrons. The maximum atomic E-state index is 12.5. The number of hydrogen-bond donors (Lipinski definition) is 1. The lowest BCUT2D eigenvalue weighted by molar-refractivity contribution is -0.120. The Balaban J connectivity index is 2.12. The van der Waals surface area contributed by atoms with Gasteiger partial charge in [0.25, 0.3) is 0 Å². The molecule has 2 aromatic rings. The predicted molar refractivity (Wildman–Crippen MR) is 94.9 cm³/mol. The molecule has 3 heteroatoms. The van der Waals surface area contributed by atoms with Crippen molar-refractivity contribution in [1.29, 1.82) is 0 Å². The number of rotatable bonds is 8. The van der Waals surface area contributed by atoms with Crippen LogP contribution >= 0.6 is 0 Å². The minimum absolute atomic E-state index is 0.0646. The summed E-state index contributed by atoms with van der Waals surface area (Å²) in [5.74, 6) is 1.57. The minimum atomic E-state index is 0.0646. The van der Waals surface area contributed by atoms with E-state index >= 15 is 0 Å². The molecule has 3 nitrogen and oxygen atoms in total. The molecule has 0 heterocycles. The first-order valence-corrected chi connectivity index (χ1v) is 8.37. The lowest BCUT2D eigenvalue weighted by atomic mass is 9.97. The van der Waals surface area contributed by atoms with Crippen molar-refractivity contribution in [3.63, 3.8) is 0 Å². The maximum Gasteiger partial charge on any atom is 0.227 e. The fraction of sp³-hybridized carbons (Fsp3) is 0.350. The van der Waals surface area contributed by atoms with Crippen LogP contribution in [0.3, 0.4) is 0 Å². The minimum Gasteiger partial charge on any atom is -0.455 e. The fourth-order valence-corrected chi connectivity index (χ4v) is 2.61. The third-order valence-electron chi connectivity index (χ3n) is 3.76. The van der Waals surface area contributed by atoms with Gasteiger partial charge in [-0.1, -0.05) is 57.0 Å². The summed E-state index contributed by atoms with van der Waals surface area (Å²) in [4.78, 5) is 12.5. The van der Waals surface area contributed by atoms with Gasteiger partial charge in [0.15, 0.2) is 5.75 Å². The van der Waals surface area contributed by atoms with Crippen LogP contribution in [0, 0.1) is 5.92 Å². The Labute approximate surface area is 138 Å². The second-order valence-corrected chi connectivity index (χ2v) is 5.67. The number of benzene rings is 2. The monoisotopic (exact) mass is 311 g/mol. The predicted octanol–water partition coefficient (Wildman–Crippen LogP) is 5.63. The molecule has 0 aliphatic rings. The molecule has 0 fully saturated rings. The zero-order valence-electron chi connectivity index (χ0n) is 13.9. The fourth-order valence-electron chi connectivity index (χ4n) is 2.61. The van der Waals surface area contributed by atoms with Crippen molar-refractivity contribution in [2.45, 2.75) is 39.5 Å². The first-order valence-electron chi connectivity index (χ1n) is 8.37. The second kappa shape index (κ2) is 8.99. The molecule has 23 heavy (non-hydrogen) atoms. The largest absolute Gasteiger partial charge is 0.455 e. The third-order valence-corrected chi connectivity index (χ3v) is 3.76. The molecule has 2 rings (SSSR count). The number of anilines is 1. The molecule has 0 aliphatic carbocycles. The summed E-state index contributed by atoms with van der Waals surface area (Å²) in [7, 11) is 0. The Bertz CT molecular complexity index is 604. The summed E-state index contributed by atoms with van der Waals surface area (Å²) >= 11 is 0. The lowest BCUT2D eigenvalue weighted by Crippen LogP contribution is -2.22. The van der Waals surface area contributed by atoms with E-state index in [2.05, 4.69) is 19.2 Å². The van der Waals surface area contributed by atoms with Gasteiger partial charge in [0.1, 0.15) is 5.75 Å². The van der Waals surface area contributed by atoms with E-state index in [1.54, 1.807) is 0 Å². The van der Waals surface area contributed by atoms with E-state index in [0.29, 0.717) is 5.75 Å². The highest BCUT2D eigenvalue weighted by molar-refractivity contribution is 5.94. The highest BCUT2D eigenvalue weighted by atomic mass is 16.5. The van der Waals surface area contributed by atoms with Crippen LogP contribution in [0.25, 0.3) is 0 Å². The molecule has 0 saturated carbocycles. The van der Waals surface area contributed by atoms with Gasteiger partial charge < -0.3 is 10.1 Å². The van der Waals surface area contributed by atoms with Gasteiger partial charge in [0, 0.05) is 5.92 Å². The number of hydrogen-bond acceptors (Lipinski definition) is 2. The van der Waals surface area contributed by atoms with E-state index in [0.717, 1.165) is 37.1 Å². The summed E-state index contributed by atoms with van der Waals surface area (Å²) in [6.45, 7) is 4.23. The summed E-state index contributed by atoms with van der Waals surface area (Å²) in [6.07, 6.45) is 3.86. The molecule has 1 N–H and O–H groups in total. The Hall–Kier alpha value is -2.29. The number of amides is 1. The highest BCUT2D eigenvalue weighted by Crippen LogP contribution is 2.30. The summed E-state index contributed by atoms with van der Waals surface area (Å²) < 4.78 is 5.90. The SMILES string of the molecule is CCCC(CCC)C(=O)Nc1ccccc1Oc1ccccc1. The Morgan fingerprint density at radius 3 is 2.22 bits per heavy atom. The van der Waals surface area contributed by atoms with E-state index in [9.17, 15) is 4.79 Å². The third kappa shape index (κ3) is 5.13. The Kier molecular flexibility index (Phi) is 6.67. The van der Waals surface area contributed by atoms with E-state index in [-0.39, 0.29) is 11.8 Å². The van der Waals surface area contributed by atoms with Crippen LogP contribution in [0.1, 0.15) is 39.5 Å². The van der Waals surface area contributed by atoms with Gasteiger partial charge >= 0.3 is 0 Å². The van der Waals surface area contributed by atoms with Crippen molar-refractivity contribution >= 4 is 11.6 Å². The molecule has 0 aromatic heterocycles. The normalized spacial score (nSPS) is 10.6. The smallest absolute Gasteiger partial charge is 0.227 e. The van der Waals surface area contributed by atoms with Gasteiger partial charge in [-0.3, -0.25) is 4.79 Å². The Morgan fingerprint density at radius 1 is 0.957 bits per heavy atom. The lowest BCUT2D eigenvalue weighted by Gasteiger charge is -2.17. The number of ether oxygens (including phenoxy) is 1. The average molecular weight is 311 g/mol. The molecule has 122 valence electrons. The molecule has 0 atom stereocenters. The van der Waals surface area contributed by atoms with Gasteiger partial charge in [-0.05, 0) is 37.1 Å². The van der Waals surface area contributed by atoms with Crippen molar-refractivity contribution in [2.75, 3.05) is 5.32 Å². The van der Waals surface area contributed by atoms with Gasteiger partial charge in [-0.15, -0.1) is 0 Å². The molecule has 0 spiro atoms. The van der Waals surface area contributed by atoms with E-state index < -0.39 is 0 Å². The quantitative estimate of drug-likeness (QED) is 0.685. The molecule has 1 amide bonds.